The number of furan rings is 1. The molecule has 0 amide bonds. The number of hydrogen-bond acceptors (Lipinski definition) is 3. The third-order valence-corrected chi connectivity index (χ3v) is 3.21. The summed E-state index contributed by atoms with van der Waals surface area (Å²) in [5.74, 6) is 0.740. The van der Waals surface area contributed by atoms with Gasteiger partial charge in [0.15, 0.2) is 5.78 Å². The van der Waals surface area contributed by atoms with Crippen LogP contribution in [0.1, 0.15) is 23.0 Å². The summed E-state index contributed by atoms with van der Waals surface area (Å²) in [6.45, 7) is 0.603. The minimum atomic E-state index is -0.444. The van der Waals surface area contributed by atoms with Gasteiger partial charge in [-0.15, -0.1) is 0 Å². The van der Waals surface area contributed by atoms with Gasteiger partial charge in [0.1, 0.15) is 11.9 Å². The van der Waals surface area contributed by atoms with Crippen molar-refractivity contribution in [2.24, 2.45) is 0 Å². The summed E-state index contributed by atoms with van der Waals surface area (Å²) in [7, 11) is 0. The van der Waals surface area contributed by atoms with Crippen LogP contribution in [0, 0.1) is 0 Å². The van der Waals surface area contributed by atoms with Crippen LogP contribution in [0.15, 0.2) is 47.1 Å². The molecule has 1 unspecified atom stereocenters. The van der Waals surface area contributed by atoms with Gasteiger partial charge in [-0.05, 0) is 29.7 Å². The number of carbonyl (C=O) groups is 1. The predicted molar refractivity (Wildman–Crippen MR) is 66.3 cm³/mol. The van der Waals surface area contributed by atoms with E-state index in [1.807, 2.05) is 24.3 Å². The maximum atomic E-state index is 12.2. The first-order valence-electron chi connectivity index (χ1n) is 6.09. The second-order valence-electron chi connectivity index (χ2n) is 4.42. The minimum Gasteiger partial charge on any atom is -0.469 e. The molecule has 1 aromatic heterocycles. The van der Waals surface area contributed by atoms with Crippen molar-refractivity contribution in [1.82, 2.24) is 0 Å². The Kier molecular flexibility index (Phi) is 2.99. The molecule has 2 heterocycles. The van der Waals surface area contributed by atoms with Crippen LogP contribution in [0.25, 0.3) is 0 Å². The molecular formula is C15H14O3. The number of hydrogen-bond donors (Lipinski definition) is 0. The first-order valence-corrected chi connectivity index (χ1v) is 6.09. The lowest BCUT2D eigenvalue weighted by Gasteiger charge is -2.24. The van der Waals surface area contributed by atoms with Crippen LogP contribution in [-0.2, 0) is 22.4 Å². The van der Waals surface area contributed by atoms with Crippen LogP contribution in [-0.4, -0.2) is 12.4 Å². The second-order valence-corrected chi connectivity index (χ2v) is 4.42. The molecule has 0 bridgehead atoms. The molecule has 0 saturated heterocycles. The summed E-state index contributed by atoms with van der Waals surface area (Å²) in [5.41, 5.74) is 2.21. The number of ketones is 1. The summed E-state index contributed by atoms with van der Waals surface area (Å²) in [6, 6.07) is 11.6. The van der Waals surface area contributed by atoms with Gasteiger partial charge in [0.05, 0.1) is 19.3 Å². The third kappa shape index (κ3) is 2.09. The van der Waals surface area contributed by atoms with Gasteiger partial charge in [0.2, 0.25) is 0 Å². The summed E-state index contributed by atoms with van der Waals surface area (Å²) in [6.07, 6.45) is 2.30. The molecule has 1 aliphatic rings. The van der Waals surface area contributed by atoms with Crippen molar-refractivity contribution >= 4 is 5.78 Å². The molecule has 0 N–H and O–H groups in total. The van der Waals surface area contributed by atoms with E-state index in [0.717, 1.165) is 12.0 Å². The fraction of sp³-hybridized carbons (Fsp3) is 0.267. The fourth-order valence-electron chi connectivity index (χ4n) is 2.34. The van der Waals surface area contributed by atoms with Gasteiger partial charge < -0.3 is 9.15 Å². The molecule has 18 heavy (non-hydrogen) atoms. The highest BCUT2D eigenvalue weighted by molar-refractivity contribution is 5.86. The van der Waals surface area contributed by atoms with E-state index < -0.39 is 6.10 Å². The van der Waals surface area contributed by atoms with Gasteiger partial charge in [0, 0.05) is 0 Å². The highest BCUT2D eigenvalue weighted by atomic mass is 16.5. The lowest BCUT2D eigenvalue weighted by atomic mass is 9.94. The standard InChI is InChI=1S/C15H14O3/c16-14(10-12-5-3-8-17-12)15-13-6-2-1-4-11(13)7-9-18-15/h1-6,8,15H,7,9-10H2. The molecule has 0 aliphatic carbocycles. The van der Waals surface area contributed by atoms with E-state index in [1.165, 1.54) is 5.56 Å². The van der Waals surface area contributed by atoms with Gasteiger partial charge in [0.25, 0.3) is 0 Å². The van der Waals surface area contributed by atoms with Crippen LogP contribution < -0.4 is 0 Å². The van der Waals surface area contributed by atoms with E-state index in [4.69, 9.17) is 9.15 Å². The maximum Gasteiger partial charge on any atom is 0.173 e. The Bertz CT molecular complexity index is 543. The Hall–Kier alpha value is -1.87. The van der Waals surface area contributed by atoms with E-state index in [0.29, 0.717) is 12.4 Å². The molecule has 92 valence electrons. The third-order valence-electron chi connectivity index (χ3n) is 3.21. The smallest absolute Gasteiger partial charge is 0.173 e. The monoisotopic (exact) mass is 242 g/mol. The summed E-state index contributed by atoms with van der Waals surface area (Å²) >= 11 is 0. The zero-order valence-corrected chi connectivity index (χ0v) is 9.96. The van der Waals surface area contributed by atoms with Gasteiger partial charge >= 0.3 is 0 Å². The number of benzene rings is 1. The zero-order valence-electron chi connectivity index (χ0n) is 9.96. The normalized spacial score (nSPS) is 18.3. The first-order chi connectivity index (χ1) is 8.84. The Morgan fingerprint density at radius 3 is 2.94 bits per heavy atom. The molecular weight excluding hydrogens is 228 g/mol. The molecule has 1 aromatic carbocycles. The van der Waals surface area contributed by atoms with Crippen molar-refractivity contribution in [2.75, 3.05) is 6.61 Å². The molecule has 0 fully saturated rings. The average Bonchev–Trinajstić information content (AvgIpc) is 2.91. The largest absolute Gasteiger partial charge is 0.469 e. The molecule has 2 aromatic rings. The van der Waals surface area contributed by atoms with Gasteiger partial charge in [-0.25, -0.2) is 0 Å². The van der Waals surface area contributed by atoms with E-state index in [2.05, 4.69) is 6.07 Å². The molecule has 1 aliphatic heterocycles. The lowest BCUT2D eigenvalue weighted by molar-refractivity contribution is -0.131. The molecule has 3 rings (SSSR count). The highest BCUT2D eigenvalue weighted by Crippen LogP contribution is 2.28. The number of Topliss-reactive ketones (excluding diaryl/α,β-unsaturated/α-hetero) is 1. The van der Waals surface area contributed by atoms with Crippen LogP contribution in [0.3, 0.4) is 0 Å². The van der Waals surface area contributed by atoms with E-state index in [-0.39, 0.29) is 12.2 Å². The van der Waals surface area contributed by atoms with Crippen molar-refractivity contribution in [3.05, 3.63) is 59.5 Å². The van der Waals surface area contributed by atoms with E-state index in [9.17, 15) is 4.79 Å². The number of carbonyl (C=O) groups excluding carboxylic acids is 1. The molecule has 1 atom stereocenters. The number of fused-ring (bicyclic) bond motifs is 1. The molecule has 0 radical (unpaired) electrons. The fourth-order valence-corrected chi connectivity index (χ4v) is 2.34. The van der Waals surface area contributed by atoms with Gasteiger partial charge in [-0.1, -0.05) is 24.3 Å². The molecule has 3 heteroatoms. The molecule has 0 spiro atoms. The quantitative estimate of drug-likeness (QED) is 0.830. The van der Waals surface area contributed by atoms with Crippen molar-refractivity contribution in [1.29, 1.82) is 0 Å². The predicted octanol–water partition coefficient (Wildman–Crippen LogP) is 2.71. The van der Waals surface area contributed by atoms with E-state index in [1.54, 1.807) is 12.3 Å². The minimum absolute atomic E-state index is 0.0529. The van der Waals surface area contributed by atoms with Crippen LogP contribution in [0.4, 0.5) is 0 Å². The maximum absolute atomic E-state index is 12.2. The first kappa shape index (κ1) is 11.2. The number of rotatable bonds is 3. The van der Waals surface area contributed by atoms with Crippen LogP contribution in [0.2, 0.25) is 0 Å². The van der Waals surface area contributed by atoms with Crippen molar-refractivity contribution < 1.29 is 13.9 Å². The number of ether oxygens (including phenoxy) is 1. The van der Waals surface area contributed by atoms with Gasteiger partial charge in [-0.2, -0.15) is 0 Å². The lowest BCUT2D eigenvalue weighted by Crippen LogP contribution is -2.24. The summed E-state index contributed by atoms with van der Waals surface area (Å²) in [5, 5.41) is 0. The molecule has 0 saturated carbocycles. The topological polar surface area (TPSA) is 39.4 Å². The summed E-state index contributed by atoms with van der Waals surface area (Å²) in [4.78, 5) is 12.2. The Morgan fingerprint density at radius 2 is 2.11 bits per heavy atom. The SMILES string of the molecule is O=C(Cc1ccco1)C1OCCc2ccccc21. The van der Waals surface area contributed by atoms with Crippen LogP contribution >= 0.6 is 0 Å². The Morgan fingerprint density at radius 1 is 1.22 bits per heavy atom. The second kappa shape index (κ2) is 4.78. The van der Waals surface area contributed by atoms with Crippen molar-refractivity contribution in [2.45, 2.75) is 18.9 Å². The zero-order chi connectivity index (χ0) is 12.4. The van der Waals surface area contributed by atoms with Crippen molar-refractivity contribution in [3.63, 3.8) is 0 Å². The average molecular weight is 242 g/mol. The van der Waals surface area contributed by atoms with E-state index >= 15 is 0 Å². The summed E-state index contributed by atoms with van der Waals surface area (Å²) < 4.78 is 10.8. The van der Waals surface area contributed by atoms with Crippen LogP contribution in [0.5, 0.6) is 0 Å². The Labute approximate surface area is 105 Å². The van der Waals surface area contributed by atoms with Crippen molar-refractivity contribution in [3.8, 4) is 0 Å². The van der Waals surface area contributed by atoms with Gasteiger partial charge in [-0.3, -0.25) is 4.79 Å². The highest BCUT2D eigenvalue weighted by Gasteiger charge is 2.27. The Balaban J connectivity index is 1.83. The molecule has 3 nitrogen and oxygen atoms in total.